The van der Waals surface area contributed by atoms with Crippen molar-refractivity contribution in [3.05, 3.63) is 0 Å². The van der Waals surface area contributed by atoms with E-state index in [1.54, 1.807) is 0 Å². The average molecular weight is 306 g/mol. The van der Waals surface area contributed by atoms with Crippen molar-refractivity contribution in [2.75, 3.05) is 13.1 Å². The molecule has 1 fully saturated rings. The van der Waals surface area contributed by atoms with Crippen LogP contribution >= 0.6 is 23.0 Å². The van der Waals surface area contributed by atoms with E-state index in [0.29, 0.717) is 13.1 Å². The highest BCUT2D eigenvalue weighted by atomic mass is 127. The SMILES string of the molecule is NS(=O)(=O)N1CCC(OI)CC1. The van der Waals surface area contributed by atoms with Gasteiger partial charge in [-0.25, -0.2) is 5.14 Å². The van der Waals surface area contributed by atoms with Gasteiger partial charge in [0.25, 0.3) is 10.2 Å². The first-order valence-electron chi connectivity index (χ1n) is 3.59. The van der Waals surface area contributed by atoms with Crippen LogP contribution in [0, 0.1) is 0 Å². The lowest BCUT2D eigenvalue weighted by Gasteiger charge is -2.27. The number of halogens is 1. The van der Waals surface area contributed by atoms with Crippen molar-refractivity contribution in [1.29, 1.82) is 0 Å². The lowest BCUT2D eigenvalue weighted by Crippen LogP contribution is -2.43. The molecule has 5 nitrogen and oxygen atoms in total. The summed E-state index contributed by atoms with van der Waals surface area (Å²) in [6.07, 6.45) is 1.61. The van der Waals surface area contributed by atoms with Gasteiger partial charge < -0.3 is 3.07 Å². The van der Waals surface area contributed by atoms with Crippen molar-refractivity contribution in [3.63, 3.8) is 0 Å². The van der Waals surface area contributed by atoms with E-state index in [2.05, 4.69) is 0 Å². The van der Waals surface area contributed by atoms with Crippen LogP contribution in [0.1, 0.15) is 12.8 Å². The summed E-state index contributed by atoms with van der Waals surface area (Å²) in [7, 11) is -3.48. The Balaban J connectivity index is 2.47. The van der Waals surface area contributed by atoms with E-state index in [0.717, 1.165) is 12.8 Å². The maximum atomic E-state index is 10.8. The second-order valence-corrected chi connectivity index (χ2v) is 4.79. The van der Waals surface area contributed by atoms with E-state index in [4.69, 9.17) is 8.21 Å². The molecule has 0 aromatic rings. The Labute approximate surface area is 86.1 Å². The van der Waals surface area contributed by atoms with Crippen LogP contribution in [0.5, 0.6) is 0 Å². The second kappa shape index (κ2) is 4.18. The van der Waals surface area contributed by atoms with Crippen molar-refractivity contribution >= 4 is 33.2 Å². The number of rotatable bonds is 2. The first-order chi connectivity index (χ1) is 5.54. The molecule has 0 saturated carbocycles. The van der Waals surface area contributed by atoms with Crippen LogP contribution < -0.4 is 5.14 Å². The molecule has 0 aromatic carbocycles. The molecule has 0 aliphatic carbocycles. The molecule has 0 spiro atoms. The lowest BCUT2D eigenvalue weighted by molar-refractivity contribution is 0.183. The average Bonchev–Trinajstić information content (AvgIpc) is 2.03. The Morgan fingerprint density at radius 3 is 2.25 bits per heavy atom. The van der Waals surface area contributed by atoms with Crippen LogP contribution in [-0.2, 0) is 13.3 Å². The second-order valence-electron chi connectivity index (χ2n) is 2.73. The monoisotopic (exact) mass is 306 g/mol. The van der Waals surface area contributed by atoms with E-state index in [-0.39, 0.29) is 6.10 Å². The van der Waals surface area contributed by atoms with Crippen LogP contribution in [-0.4, -0.2) is 31.9 Å². The maximum absolute atomic E-state index is 10.8. The molecule has 7 heteroatoms. The molecular weight excluding hydrogens is 295 g/mol. The van der Waals surface area contributed by atoms with Crippen molar-refractivity contribution in [2.45, 2.75) is 18.9 Å². The fourth-order valence-corrected chi connectivity index (χ4v) is 2.40. The Morgan fingerprint density at radius 1 is 1.42 bits per heavy atom. The summed E-state index contributed by atoms with van der Waals surface area (Å²) in [5.41, 5.74) is 0. The minimum atomic E-state index is -3.48. The Bertz CT molecular complexity index is 235. The predicted octanol–water partition coefficient (Wildman–Crippen LogP) is 0.0209. The predicted molar refractivity (Wildman–Crippen MR) is 52.8 cm³/mol. The van der Waals surface area contributed by atoms with Gasteiger partial charge in [-0.1, -0.05) is 0 Å². The summed E-state index contributed by atoms with van der Waals surface area (Å²) in [5, 5.41) is 4.95. The molecular formula is C5H11IN2O3S. The van der Waals surface area contributed by atoms with Gasteiger partial charge in [-0.15, -0.1) is 0 Å². The standard InChI is InChI=1S/C5H11IN2O3S/c6-11-5-1-3-8(4-2-5)12(7,9)10/h5H,1-4H2,(H2,7,9,10). The van der Waals surface area contributed by atoms with Crippen LogP contribution in [0.3, 0.4) is 0 Å². The number of piperidine rings is 1. The third-order valence-electron chi connectivity index (χ3n) is 1.89. The summed E-state index contributed by atoms with van der Waals surface area (Å²) < 4.78 is 28.0. The molecule has 0 unspecified atom stereocenters. The van der Waals surface area contributed by atoms with Crippen molar-refractivity contribution in [1.82, 2.24) is 4.31 Å². The molecule has 1 aliphatic heterocycles. The Morgan fingerprint density at radius 2 is 1.92 bits per heavy atom. The molecule has 1 aliphatic rings. The summed E-state index contributed by atoms with van der Waals surface area (Å²) in [6, 6.07) is 0. The van der Waals surface area contributed by atoms with Crippen LogP contribution in [0.15, 0.2) is 0 Å². The van der Waals surface area contributed by atoms with Gasteiger partial charge in [0.2, 0.25) is 0 Å². The molecule has 72 valence electrons. The lowest BCUT2D eigenvalue weighted by atomic mass is 10.1. The number of nitrogens with two attached hydrogens (primary N) is 1. The van der Waals surface area contributed by atoms with E-state index in [9.17, 15) is 8.42 Å². The van der Waals surface area contributed by atoms with E-state index < -0.39 is 10.2 Å². The molecule has 0 radical (unpaired) electrons. The highest BCUT2D eigenvalue weighted by molar-refractivity contribution is 14.1. The van der Waals surface area contributed by atoms with E-state index in [1.165, 1.54) is 4.31 Å². The number of nitrogens with zero attached hydrogens (tertiary/aromatic N) is 1. The molecule has 0 atom stereocenters. The van der Waals surface area contributed by atoms with Gasteiger partial charge in [0, 0.05) is 13.1 Å². The van der Waals surface area contributed by atoms with Gasteiger partial charge in [0.1, 0.15) is 23.0 Å². The molecule has 2 N–H and O–H groups in total. The maximum Gasteiger partial charge on any atom is 0.276 e. The van der Waals surface area contributed by atoms with Gasteiger partial charge >= 0.3 is 0 Å². The smallest absolute Gasteiger partial charge is 0.276 e. The van der Waals surface area contributed by atoms with Crippen molar-refractivity contribution < 1.29 is 11.5 Å². The largest absolute Gasteiger partial charge is 0.312 e. The summed E-state index contributed by atoms with van der Waals surface area (Å²) in [6.45, 7) is 0.930. The first-order valence-corrected chi connectivity index (χ1v) is 5.97. The first kappa shape index (κ1) is 10.6. The molecule has 0 amide bonds. The molecule has 1 heterocycles. The summed E-state index contributed by atoms with van der Waals surface area (Å²) in [4.78, 5) is 0. The molecule has 0 bridgehead atoms. The zero-order valence-corrected chi connectivity index (χ0v) is 9.42. The van der Waals surface area contributed by atoms with Gasteiger partial charge in [-0.05, 0) is 12.8 Å². The quantitative estimate of drug-likeness (QED) is 0.731. The van der Waals surface area contributed by atoms with Gasteiger partial charge in [-0.3, -0.25) is 0 Å². The van der Waals surface area contributed by atoms with Gasteiger partial charge in [0.05, 0.1) is 6.10 Å². The highest BCUT2D eigenvalue weighted by Gasteiger charge is 2.25. The van der Waals surface area contributed by atoms with E-state index >= 15 is 0 Å². The molecule has 0 aromatic heterocycles. The fraction of sp³-hybridized carbons (Fsp3) is 1.00. The Hall–Kier alpha value is 0.560. The molecule has 1 rings (SSSR count). The highest BCUT2D eigenvalue weighted by Crippen LogP contribution is 2.16. The summed E-state index contributed by atoms with van der Waals surface area (Å²) >= 11 is 1.84. The van der Waals surface area contributed by atoms with Crippen LogP contribution in [0.2, 0.25) is 0 Å². The van der Waals surface area contributed by atoms with Gasteiger partial charge in [0.15, 0.2) is 0 Å². The number of hydrogen-bond acceptors (Lipinski definition) is 3. The minimum absolute atomic E-state index is 0.170. The third kappa shape index (κ3) is 2.80. The minimum Gasteiger partial charge on any atom is -0.312 e. The van der Waals surface area contributed by atoms with E-state index in [1.807, 2.05) is 23.0 Å². The van der Waals surface area contributed by atoms with Crippen molar-refractivity contribution in [3.8, 4) is 0 Å². The Kier molecular flexibility index (Phi) is 3.71. The van der Waals surface area contributed by atoms with Crippen molar-refractivity contribution in [2.24, 2.45) is 5.14 Å². The van der Waals surface area contributed by atoms with Gasteiger partial charge in [-0.2, -0.15) is 12.7 Å². The summed E-state index contributed by atoms with van der Waals surface area (Å²) in [5.74, 6) is 0. The van der Waals surface area contributed by atoms with Crippen LogP contribution in [0.25, 0.3) is 0 Å². The topological polar surface area (TPSA) is 72.6 Å². The fourth-order valence-electron chi connectivity index (χ4n) is 1.18. The molecule has 12 heavy (non-hydrogen) atoms. The number of hydrogen-bond donors (Lipinski definition) is 1. The third-order valence-corrected chi connectivity index (χ3v) is 3.69. The zero-order valence-electron chi connectivity index (χ0n) is 6.44. The van der Waals surface area contributed by atoms with Crippen LogP contribution in [0.4, 0.5) is 0 Å². The molecule has 1 saturated heterocycles. The normalized spacial score (nSPS) is 22.8. The zero-order chi connectivity index (χ0) is 9.19.